The summed E-state index contributed by atoms with van der Waals surface area (Å²) in [6, 6.07) is 0.436. The highest BCUT2D eigenvalue weighted by Crippen LogP contribution is 2.33. The third-order valence-electron chi connectivity index (χ3n) is 3.11. The van der Waals surface area contributed by atoms with Gasteiger partial charge in [0.1, 0.15) is 0 Å². The molecule has 0 amide bonds. The first-order valence-electron chi connectivity index (χ1n) is 5.86. The Morgan fingerprint density at radius 2 is 2.00 bits per heavy atom. The van der Waals surface area contributed by atoms with Crippen molar-refractivity contribution in [3.05, 3.63) is 0 Å². The standard InChI is InChI=1S/C12H24N2S/c1-9(2)13-11(15)14-7-6-10(8-14)12(3,4)5/h9-10H,6-8H2,1-5H3,(H,13,15). The van der Waals surface area contributed by atoms with E-state index in [0.29, 0.717) is 11.5 Å². The van der Waals surface area contributed by atoms with Crippen LogP contribution in [0.1, 0.15) is 41.0 Å². The number of rotatable bonds is 1. The van der Waals surface area contributed by atoms with Crippen molar-refractivity contribution in [2.24, 2.45) is 11.3 Å². The van der Waals surface area contributed by atoms with E-state index in [9.17, 15) is 0 Å². The minimum atomic E-state index is 0.405. The molecule has 1 atom stereocenters. The molecule has 0 aromatic rings. The van der Waals surface area contributed by atoms with Gasteiger partial charge in [0, 0.05) is 19.1 Å². The summed E-state index contributed by atoms with van der Waals surface area (Å²) >= 11 is 5.38. The summed E-state index contributed by atoms with van der Waals surface area (Å²) in [5.41, 5.74) is 0.405. The lowest BCUT2D eigenvalue weighted by Gasteiger charge is -2.28. The summed E-state index contributed by atoms with van der Waals surface area (Å²) in [5, 5.41) is 4.24. The fourth-order valence-electron chi connectivity index (χ4n) is 1.99. The maximum atomic E-state index is 5.38. The lowest BCUT2D eigenvalue weighted by Crippen LogP contribution is -2.42. The van der Waals surface area contributed by atoms with Crippen LogP contribution in [0.3, 0.4) is 0 Å². The Balaban J connectivity index is 2.46. The molecule has 1 rings (SSSR count). The quantitative estimate of drug-likeness (QED) is 0.695. The fraction of sp³-hybridized carbons (Fsp3) is 0.917. The monoisotopic (exact) mass is 228 g/mol. The molecule has 15 heavy (non-hydrogen) atoms. The zero-order valence-corrected chi connectivity index (χ0v) is 11.4. The fourth-order valence-corrected chi connectivity index (χ4v) is 2.39. The van der Waals surface area contributed by atoms with Gasteiger partial charge in [-0.25, -0.2) is 0 Å². The molecule has 1 heterocycles. The molecule has 0 aromatic heterocycles. The number of hydrogen-bond donors (Lipinski definition) is 1. The van der Waals surface area contributed by atoms with Crippen molar-refractivity contribution in [1.29, 1.82) is 0 Å². The molecule has 88 valence electrons. The summed E-state index contributed by atoms with van der Waals surface area (Å²) in [6.45, 7) is 13.4. The van der Waals surface area contributed by atoms with Gasteiger partial charge < -0.3 is 10.2 Å². The third kappa shape index (κ3) is 3.63. The van der Waals surface area contributed by atoms with Gasteiger partial charge >= 0.3 is 0 Å². The van der Waals surface area contributed by atoms with Crippen molar-refractivity contribution in [2.75, 3.05) is 13.1 Å². The van der Waals surface area contributed by atoms with Gasteiger partial charge in [-0.2, -0.15) is 0 Å². The second-order valence-corrected chi connectivity index (χ2v) is 6.29. The summed E-state index contributed by atoms with van der Waals surface area (Å²) in [7, 11) is 0. The first-order valence-corrected chi connectivity index (χ1v) is 6.27. The summed E-state index contributed by atoms with van der Waals surface area (Å²) in [4.78, 5) is 2.31. The molecular weight excluding hydrogens is 204 g/mol. The van der Waals surface area contributed by atoms with E-state index >= 15 is 0 Å². The van der Waals surface area contributed by atoms with Crippen LogP contribution in [0.2, 0.25) is 0 Å². The zero-order chi connectivity index (χ0) is 11.6. The van der Waals surface area contributed by atoms with Crippen molar-refractivity contribution in [3.63, 3.8) is 0 Å². The van der Waals surface area contributed by atoms with Crippen LogP contribution in [-0.4, -0.2) is 29.1 Å². The zero-order valence-electron chi connectivity index (χ0n) is 10.6. The maximum absolute atomic E-state index is 5.38. The van der Waals surface area contributed by atoms with E-state index < -0.39 is 0 Å². The topological polar surface area (TPSA) is 15.3 Å². The van der Waals surface area contributed by atoms with E-state index in [1.54, 1.807) is 0 Å². The van der Waals surface area contributed by atoms with E-state index in [-0.39, 0.29) is 0 Å². The van der Waals surface area contributed by atoms with Gasteiger partial charge in [-0.05, 0) is 43.8 Å². The summed E-state index contributed by atoms with van der Waals surface area (Å²) < 4.78 is 0. The van der Waals surface area contributed by atoms with Gasteiger partial charge in [0.15, 0.2) is 5.11 Å². The second-order valence-electron chi connectivity index (χ2n) is 5.90. The lowest BCUT2D eigenvalue weighted by molar-refractivity contribution is 0.250. The Bertz CT molecular complexity index is 230. The normalized spacial score (nSPS) is 22.3. The molecule has 0 bridgehead atoms. The first-order chi connectivity index (χ1) is 6.80. The van der Waals surface area contributed by atoms with Gasteiger partial charge in [-0.1, -0.05) is 20.8 Å². The molecule has 1 saturated heterocycles. The Morgan fingerprint density at radius 3 is 2.40 bits per heavy atom. The van der Waals surface area contributed by atoms with E-state index in [4.69, 9.17) is 12.2 Å². The summed E-state index contributed by atoms with van der Waals surface area (Å²) in [6.07, 6.45) is 1.27. The highest BCUT2D eigenvalue weighted by atomic mass is 32.1. The van der Waals surface area contributed by atoms with E-state index in [0.717, 1.165) is 24.1 Å². The van der Waals surface area contributed by atoms with Crippen molar-refractivity contribution < 1.29 is 0 Å². The Hall–Kier alpha value is -0.310. The van der Waals surface area contributed by atoms with Crippen LogP contribution >= 0.6 is 12.2 Å². The van der Waals surface area contributed by atoms with Gasteiger partial charge in [-0.15, -0.1) is 0 Å². The van der Waals surface area contributed by atoms with Crippen LogP contribution in [0.5, 0.6) is 0 Å². The highest BCUT2D eigenvalue weighted by molar-refractivity contribution is 7.80. The van der Waals surface area contributed by atoms with Crippen molar-refractivity contribution in [2.45, 2.75) is 47.1 Å². The van der Waals surface area contributed by atoms with Gasteiger partial charge in [-0.3, -0.25) is 0 Å². The molecule has 1 N–H and O–H groups in total. The Labute approximate surface area is 99.4 Å². The van der Waals surface area contributed by atoms with Gasteiger partial charge in [0.05, 0.1) is 0 Å². The smallest absolute Gasteiger partial charge is 0.169 e. The van der Waals surface area contributed by atoms with Crippen LogP contribution in [0.25, 0.3) is 0 Å². The van der Waals surface area contributed by atoms with Gasteiger partial charge in [0.2, 0.25) is 0 Å². The minimum Gasteiger partial charge on any atom is -0.360 e. The van der Waals surface area contributed by atoms with Crippen molar-refractivity contribution in [1.82, 2.24) is 10.2 Å². The average Bonchev–Trinajstić information content (AvgIpc) is 2.48. The first kappa shape index (κ1) is 12.8. The number of likely N-dealkylation sites (tertiary alicyclic amines) is 1. The number of nitrogens with zero attached hydrogens (tertiary/aromatic N) is 1. The molecule has 1 aliphatic heterocycles. The minimum absolute atomic E-state index is 0.405. The van der Waals surface area contributed by atoms with Crippen LogP contribution in [0.15, 0.2) is 0 Å². The molecule has 3 heteroatoms. The molecule has 0 spiro atoms. The molecule has 1 unspecified atom stereocenters. The van der Waals surface area contributed by atoms with Gasteiger partial charge in [0.25, 0.3) is 0 Å². The number of hydrogen-bond acceptors (Lipinski definition) is 1. The molecule has 0 radical (unpaired) electrons. The molecular formula is C12H24N2S. The number of thiocarbonyl (C=S) groups is 1. The van der Waals surface area contributed by atoms with Crippen molar-refractivity contribution >= 4 is 17.3 Å². The Kier molecular flexibility index (Phi) is 3.99. The Morgan fingerprint density at radius 1 is 1.40 bits per heavy atom. The molecule has 0 aromatic carbocycles. The largest absolute Gasteiger partial charge is 0.360 e. The molecule has 0 saturated carbocycles. The van der Waals surface area contributed by atoms with E-state index in [2.05, 4.69) is 44.8 Å². The molecule has 2 nitrogen and oxygen atoms in total. The predicted molar refractivity (Wildman–Crippen MR) is 70.0 cm³/mol. The van der Waals surface area contributed by atoms with Crippen LogP contribution in [-0.2, 0) is 0 Å². The van der Waals surface area contributed by atoms with E-state index in [1.165, 1.54) is 6.42 Å². The number of nitrogens with one attached hydrogen (secondary N) is 1. The third-order valence-corrected chi connectivity index (χ3v) is 3.49. The average molecular weight is 228 g/mol. The summed E-state index contributed by atoms with van der Waals surface area (Å²) in [5.74, 6) is 0.768. The van der Waals surface area contributed by atoms with Crippen molar-refractivity contribution in [3.8, 4) is 0 Å². The molecule has 1 aliphatic rings. The van der Waals surface area contributed by atoms with Crippen LogP contribution < -0.4 is 5.32 Å². The van der Waals surface area contributed by atoms with E-state index in [1.807, 2.05) is 0 Å². The second kappa shape index (κ2) is 4.69. The lowest BCUT2D eigenvalue weighted by atomic mass is 9.80. The maximum Gasteiger partial charge on any atom is 0.169 e. The molecule has 1 fully saturated rings. The van der Waals surface area contributed by atoms with Crippen LogP contribution in [0.4, 0.5) is 0 Å². The van der Waals surface area contributed by atoms with Crippen LogP contribution in [0, 0.1) is 11.3 Å². The predicted octanol–water partition coefficient (Wildman–Crippen LogP) is 2.64. The highest BCUT2D eigenvalue weighted by Gasteiger charge is 2.32. The molecule has 0 aliphatic carbocycles. The SMILES string of the molecule is CC(C)NC(=S)N1CCC(C(C)(C)C)C1.